The molecule has 0 aliphatic carbocycles. The summed E-state index contributed by atoms with van der Waals surface area (Å²) in [5.41, 5.74) is 2.98. The molecule has 0 atom stereocenters. The molecule has 0 saturated heterocycles. The number of aryl methyl sites for hydroxylation is 2. The van der Waals surface area contributed by atoms with E-state index in [2.05, 4.69) is 46.2 Å². The van der Waals surface area contributed by atoms with E-state index in [0.29, 0.717) is 16.5 Å². The summed E-state index contributed by atoms with van der Waals surface area (Å²) in [6, 6.07) is 10.7. The Morgan fingerprint density at radius 2 is 1.18 bits per heavy atom. The average Bonchev–Trinajstić information content (AvgIpc) is 3.16. The predicted octanol–water partition coefficient (Wildman–Crippen LogP) is 5.94. The lowest BCUT2D eigenvalue weighted by Crippen LogP contribution is -2.28. The molecular formula is C34H54ClN9O9S3. The number of amides is 5. The van der Waals surface area contributed by atoms with Gasteiger partial charge in [0.1, 0.15) is 16.5 Å². The monoisotopic (exact) mass is 863 g/mol. The van der Waals surface area contributed by atoms with E-state index in [9.17, 15) is 24.0 Å². The molecule has 56 heavy (non-hydrogen) atoms. The van der Waals surface area contributed by atoms with Gasteiger partial charge in [0.15, 0.2) is 0 Å². The van der Waals surface area contributed by atoms with E-state index in [1.165, 1.54) is 49.7 Å². The van der Waals surface area contributed by atoms with Gasteiger partial charge in [0.2, 0.25) is 5.04 Å². The zero-order valence-corrected chi connectivity index (χ0v) is 37.4. The molecule has 0 aromatic heterocycles. The van der Waals surface area contributed by atoms with Crippen molar-refractivity contribution >= 4 is 100 Å². The first-order chi connectivity index (χ1) is 25.9. The normalized spacial score (nSPS) is 10.2. The minimum atomic E-state index is -0.705. The molecule has 314 valence electrons. The van der Waals surface area contributed by atoms with Crippen LogP contribution in [0.3, 0.4) is 0 Å². The molecule has 0 bridgehead atoms. The molecule has 0 radical (unpaired) electrons. The lowest BCUT2D eigenvalue weighted by atomic mass is 10.1. The Kier molecular flexibility index (Phi) is 32.1. The number of carbonyl (C=O) groups is 5. The molecule has 2 rings (SSSR count). The molecule has 2 aromatic carbocycles. The zero-order valence-electron chi connectivity index (χ0n) is 34.1. The summed E-state index contributed by atoms with van der Waals surface area (Å²) in [4.78, 5) is 71.7. The molecule has 0 spiro atoms. The Morgan fingerprint density at radius 1 is 0.696 bits per heavy atom. The van der Waals surface area contributed by atoms with Gasteiger partial charge in [0, 0.05) is 67.3 Å². The molecule has 0 unspecified atom stereocenters. The number of thioether (sulfide) groups is 3. The first-order valence-corrected chi connectivity index (χ1v) is 19.5. The van der Waals surface area contributed by atoms with Crippen LogP contribution >= 0.6 is 47.7 Å². The van der Waals surface area contributed by atoms with E-state index in [1.54, 1.807) is 63.6 Å². The van der Waals surface area contributed by atoms with Gasteiger partial charge in [-0.05, 0) is 74.9 Å². The van der Waals surface area contributed by atoms with Crippen molar-refractivity contribution < 1.29 is 43.1 Å². The maximum Gasteiger partial charge on any atom is 0.433 e. The maximum absolute atomic E-state index is 11.3. The highest BCUT2D eigenvalue weighted by molar-refractivity contribution is 8.15. The van der Waals surface area contributed by atoms with E-state index in [4.69, 9.17) is 9.47 Å². The summed E-state index contributed by atoms with van der Waals surface area (Å²) >= 11 is 4.23. The molecule has 0 aliphatic rings. The van der Waals surface area contributed by atoms with E-state index in [1.807, 2.05) is 63.6 Å². The fraction of sp³-hybridized carbons (Fsp3) is 0.412. The number of benzene rings is 2. The van der Waals surface area contributed by atoms with E-state index in [0.717, 1.165) is 28.6 Å². The molecule has 0 fully saturated rings. The van der Waals surface area contributed by atoms with Crippen LogP contribution in [0.15, 0.2) is 56.6 Å². The highest BCUT2D eigenvalue weighted by Gasteiger charge is 2.14. The van der Waals surface area contributed by atoms with E-state index < -0.39 is 24.4 Å². The first-order valence-electron chi connectivity index (χ1n) is 15.9. The van der Waals surface area contributed by atoms with E-state index >= 15 is 0 Å². The maximum atomic E-state index is 11.3. The number of nitrogens with zero attached hydrogens (tertiary/aromatic N) is 5. The van der Waals surface area contributed by atoms with Gasteiger partial charge in [-0.3, -0.25) is 14.5 Å². The SMILES string of the molecule is CNC(=O)O/N=C(\C)SC.CNC(=O)ON=C(SC)C(=O)N(C)C.CNC(=O)Oc1cc(C)c(SC)c(C)c1.CNC(=O)Oc1cccc(N=CN(C)C)c1.Cl. The Balaban J connectivity index is -0.000000674. The third-order valence-electron chi connectivity index (χ3n) is 5.68. The Hall–Kier alpha value is -4.86. The van der Waals surface area contributed by atoms with Gasteiger partial charge in [-0.2, -0.15) is 0 Å². The van der Waals surface area contributed by atoms with Crippen molar-refractivity contribution in [2.75, 3.05) is 75.1 Å². The summed E-state index contributed by atoms with van der Waals surface area (Å²) in [7, 11) is 12.9. The number of nitrogens with one attached hydrogen (secondary N) is 4. The van der Waals surface area contributed by atoms with E-state index in [-0.39, 0.29) is 23.4 Å². The van der Waals surface area contributed by atoms with Gasteiger partial charge in [-0.25, -0.2) is 24.2 Å². The van der Waals surface area contributed by atoms with Gasteiger partial charge < -0.3 is 40.5 Å². The predicted molar refractivity (Wildman–Crippen MR) is 231 cm³/mol. The number of halogens is 1. The summed E-state index contributed by atoms with van der Waals surface area (Å²) in [6.45, 7) is 5.78. The fourth-order valence-electron chi connectivity index (χ4n) is 3.09. The van der Waals surface area contributed by atoms with Crippen LogP contribution in [-0.4, -0.2) is 132 Å². The topological polar surface area (TPSA) is 214 Å². The Morgan fingerprint density at radius 3 is 1.59 bits per heavy atom. The second-order valence-corrected chi connectivity index (χ2v) is 13.1. The number of aliphatic imine (C=N–C) groups is 1. The molecule has 0 aliphatic heterocycles. The number of hydrogen-bond donors (Lipinski definition) is 4. The summed E-state index contributed by atoms with van der Waals surface area (Å²) < 4.78 is 10.0. The minimum Gasteiger partial charge on any atom is -0.410 e. The van der Waals surface area contributed by atoms with Crippen LogP contribution in [0.1, 0.15) is 18.1 Å². The van der Waals surface area contributed by atoms with Gasteiger partial charge in [-0.1, -0.05) is 16.4 Å². The van der Waals surface area contributed by atoms with Crippen molar-refractivity contribution in [1.29, 1.82) is 0 Å². The van der Waals surface area contributed by atoms with Crippen LogP contribution in [0.5, 0.6) is 11.5 Å². The van der Waals surface area contributed by atoms with Gasteiger partial charge in [0.05, 0.1) is 12.0 Å². The smallest absolute Gasteiger partial charge is 0.410 e. The van der Waals surface area contributed by atoms with Gasteiger partial charge in [0.25, 0.3) is 5.91 Å². The molecular weight excluding hydrogens is 810 g/mol. The highest BCUT2D eigenvalue weighted by Crippen LogP contribution is 2.28. The van der Waals surface area contributed by atoms with Crippen LogP contribution in [0, 0.1) is 13.8 Å². The van der Waals surface area contributed by atoms with Crippen molar-refractivity contribution in [3.63, 3.8) is 0 Å². The summed E-state index contributed by atoms with van der Waals surface area (Å²) in [5.74, 6) is 0.747. The number of rotatable bonds is 7. The summed E-state index contributed by atoms with van der Waals surface area (Å²) in [6.07, 6.45) is 5.06. The largest absolute Gasteiger partial charge is 0.433 e. The molecule has 18 nitrogen and oxygen atoms in total. The van der Waals surface area contributed by atoms with Crippen LogP contribution in [0.25, 0.3) is 0 Å². The zero-order chi connectivity index (χ0) is 42.5. The van der Waals surface area contributed by atoms with Gasteiger partial charge >= 0.3 is 24.4 Å². The molecule has 2 aromatic rings. The van der Waals surface area contributed by atoms with Crippen molar-refractivity contribution in [2.24, 2.45) is 15.3 Å². The number of oxime groups is 2. The third kappa shape index (κ3) is 26.0. The lowest BCUT2D eigenvalue weighted by Gasteiger charge is -2.10. The fourth-order valence-corrected chi connectivity index (χ4v) is 4.43. The second-order valence-electron chi connectivity index (χ2n) is 10.4. The number of hydrogen-bond acceptors (Lipinski definition) is 15. The Bertz CT molecular complexity index is 1610. The highest BCUT2D eigenvalue weighted by atomic mass is 35.5. The molecule has 0 saturated carbocycles. The summed E-state index contributed by atoms with van der Waals surface area (Å²) in [5, 5.41) is 17.0. The molecule has 4 N–H and O–H groups in total. The molecule has 22 heteroatoms. The average molecular weight is 865 g/mol. The standard InChI is InChI=1S/C11H15N3O2.C11H15NO2S.C7H13N3O3S.C5H10N2O2S.ClH/c1-12-11(15)16-10-6-4-5-9(7-10)13-8-14(2)3;1-7-5-9(14-11(13)12-3)6-8(2)10(7)15-4;1-8-7(12)13-9-5(14-4)6(11)10(2)3;1-4(10-3)7-9-5(8)6-2;/h4-8H,1-3H3,(H,12,15);5-6H,1-4H3,(H,12,13);1-4H3,(H,8,12);1-3H3,(H,6,8);1H/b;;;7-4+;. The lowest BCUT2D eigenvalue weighted by molar-refractivity contribution is -0.121. The Labute approximate surface area is 348 Å². The van der Waals surface area contributed by atoms with Gasteiger partial charge in [-0.15, -0.1) is 47.7 Å². The van der Waals surface area contributed by atoms with Crippen LogP contribution < -0.4 is 30.7 Å². The third-order valence-corrected chi connectivity index (χ3v) is 8.03. The van der Waals surface area contributed by atoms with Crippen molar-refractivity contribution in [3.8, 4) is 11.5 Å². The molecule has 0 heterocycles. The first kappa shape index (κ1) is 55.5. The van der Waals surface area contributed by atoms with Crippen molar-refractivity contribution in [2.45, 2.75) is 25.7 Å². The van der Waals surface area contributed by atoms with Crippen LogP contribution in [0.2, 0.25) is 0 Å². The molecule has 5 amide bonds. The number of carbonyl (C=O) groups excluding carboxylic acids is 5. The minimum absolute atomic E-state index is 0. The van der Waals surface area contributed by atoms with Crippen LogP contribution in [0.4, 0.5) is 24.9 Å². The van der Waals surface area contributed by atoms with Crippen LogP contribution in [-0.2, 0) is 14.5 Å². The number of ether oxygens (including phenoxy) is 2. The van der Waals surface area contributed by atoms with Crippen molar-refractivity contribution in [1.82, 2.24) is 31.1 Å². The second kappa shape index (κ2) is 32.4. The quantitative estimate of drug-likeness (QED) is 0.0836. The van der Waals surface area contributed by atoms with Crippen molar-refractivity contribution in [3.05, 3.63) is 47.5 Å².